The fourth-order valence-electron chi connectivity index (χ4n) is 4.15. The van der Waals surface area contributed by atoms with Crippen LogP contribution in [0.25, 0.3) is 0 Å². The van der Waals surface area contributed by atoms with Gasteiger partial charge in [0.15, 0.2) is 0 Å². The highest BCUT2D eigenvalue weighted by Crippen LogP contribution is 2.31. The number of rotatable bonds is 3. The summed E-state index contributed by atoms with van der Waals surface area (Å²) in [5.74, 6) is 0.889. The van der Waals surface area contributed by atoms with Crippen molar-refractivity contribution >= 4 is 0 Å². The van der Waals surface area contributed by atoms with Crippen LogP contribution in [0, 0.1) is 5.92 Å². The molecule has 1 saturated heterocycles. The highest BCUT2D eigenvalue weighted by molar-refractivity contribution is 5.00. The van der Waals surface area contributed by atoms with Crippen molar-refractivity contribution in [1.29, 1.82) is 0 Å². The summed E-state index contributed by atoms with van der Waals surface area (Å²) in [5, 5.41) is 7.75. The molecule has 0 aromatic carbocycles. The van der Waals surface area contributed by atoms with E-state index in [1.54, 1.807) is 0 Å². The third-order valence-electron chi connectivity index (χ3n) is 5.14. The van der Waals surface area contributed by atoms with E-state index < -0.39 is 0 Å². The van der Waals surface area contributed by atoms with Crippen LogP contribution in [0.15, 0.2) is 12.2 Å². The lowest BCUT2D eigenvalue weighted by Gasteiger charge is -2.41. The van der Waals surface area contributed by atoms with E-state index in [4.69, 9.17) is 0 Å². The average molecular weight is 248 g/mol. The number of nitrogens with one attached hydrogen (secondary N) is 2. The van der Waals surface area contributed by atoms with E-state index in [9.17, 15) is 0 Å². The zero-order valence-electron chi connectivity index (χ0n) is 11.5. The minimum absolute atomic E-state index is 0.735. The third-order valence-corrected chi connectivity index (χ3v) is 5.14. The third kappa shape index (κ3) is 2.97. The van der Waals surface area contributed by atoms with Crippen LogP contribution in [-0.4, -0.2) is 24.7 Å². The largest absolute Gasteiger partial charge is 0.314 e. The molecule has 3 atom stereocenters. The highest BCUT2D eigenvalue weighted by Gasteiger charge is 2.33. The second kappa shape index (κ2) is 6.21. The number of hydrogen-bond acceptors (Lipinski definition) is 2. The van der Waals surface area contributed by atoms with Gasteiger partial charge in [0.25, 0.3) is 0 Å². The van der Waals surface area contributed by atoms with E-state index >= 15 is 0 Å². The first-order valence-corrected chi connectivity index (χ1v) is 8.08. The van der Waals surface area contributed by atoms with Crippen LogP contribution >= 0.6 is 0 Å². The van der Waals surface area contributed by atoms with Gasteiger partial charge < -0.3 is 10.6 Å². The van der Waals surface area contributed by atoms with Crippen molar-refractivity contribution < 1.29 is 0 Å². The molecule has 2 fully saturated rings. The molecule has 3 rings (SSSR count). The fourth-order valence-corrected chi connectivity index (χ4v) is 4.15. The molecular weight excluding hydrogens is 220 g/mol. The number of hydrogen-bond donors (Lipinski definition) is 2. The minimum Gasteiger partial charge on any atom is -0.314 e. The molecule has 18 heavy (non-hydrogen) atoms. The van der Waals surface area contributed by atoms with E-state index in [2.05, 4.69) is 22.8 Å². The zero-order chi connectivity index (χ0) is 12.2. The summed E-state index contributed by atoms with van der Waals surface area (Å²) in [4.78, 5) is 0. The lowest BCUT2D eigenvalue weighted by Crippen LogP contribution is -2.52. The molecule has 2 heteroatoms. The van der Waals surface area contributed by atoms with Crippen molar-refractivity contribution in [1.82, 2.24) is 10.6 Å². The average Bonchev–Trinajstić information content (AvgIpc) is 2.93. The lowest BCUT2D eigenvalue weighted by molar-refractivity contribution is 0.173. The first kappa shape index (κ1) is 12.7. The van der Waals surface area contributed by atoms with Gasteiger partial charge in [-0.1, -0.05) is 31.4 Å². The SMILES string of the molecule is C1=CCC(NC2CCCCC2C2CCCCN2)C1. The molecule has 0 radical (unpaired) electrons. The Morgan fingerprint density at radius 2 is 1.67 bits per heavy atom. The van der Waals surface area contributed by atoms with Gasteiger partial charge in [0.05, 0.1) is 0 Å². The fraction of sp³-hybridized carbons (Fsp3) is 0.875. The van der Waals surface area contributed by atoms with Gasteiger partial charge in [0.1, 0.15) is 0 Å². The molecule has 3 unspecified atom stereocenters. The Hall–Kier alpha value is -0.340. The molecular formula is C16H28N2. The van der Waals surface area contributed by atoms with Crippen LogP contribution in [0.1, 0.15) is 57.8 Å². The van der Waals surface area contributed by atoms with Gasteiger partial charge in [0.2, 0.25) is 0 Å². The molecule has 0 aromatic heterocycles. The molecule has 3 aliphatic rings. The van der Waals surface area contributed by atoms with Crippen LogP contribution in [0.2, 0.25) is 0 Å². The van der Waals surface area contributed by atoms with Gasteiger partial charge >= 0.3 is 0 Å². The Kier molecular flexibility index (Phi) is 4.37. The van der Waals surface area contributed by atoms with Gasteiger partial charge in [0, 0.05) is 18.1 Å². The molecule has 2 N–H and O–H groups in total. The van der Waals surface area contributed by atoms with Crippen LogP contribution < -0.4 is 10.6 Å². The summed E-state index contributed by atoms with van der Waals surface area (Å²) in [6.45, 7) is 1.25. The van der Waals surface area contributed by atoms with E-state index in [1.165, 1.54) is 64.3 Å². The Morgan fingerprint density at radius 3 is 2.44 bits per heavy atom. The Labute approximate surface area is 112 Å². The van der Waals surface area contributed by atoms with E-state index in [-0.39, 0.29) is 0 Å². The molecule has 2 aliphatic carbocycles. The van der Waals surface area contributed by atoms with Crippen LogP contribution in [0.3, 0.4) is 0 Å². The van der Waals surface area contributed by atoms with Gasteiger partial charge in [-0.25, -0.2) is 0 Å². The zero-order valence-corrected chi connectivity index (χ0v) is 11.5. The van der Waals surface area contributed by atoms with Crippen molar-refractivity contribution in [3.63, 3.8) is 0 Å². The normalized spacial score (nSPS) is 38.1. The maximum absolute atomic E-state index is 3.96. The van der Waals surface area contributed by atoms with E-state index in [0.29, 0.717) is 0 Å². The Morgan fingerprint density at radius 1 is 0.889 bits per heavy atom. The van der Waals surface area contributed by atoms with Crippen LogP contribution in [-0.2, 0) is 0 Å². The number of piperidine rings is 1. The quantitative estimate of drug-likeness (QED) is 0.750. The van der Waals surface area contributed by atoms with Gasteiger partial charge in [-0.05, 0) is 51.0 Å². The van der Waals surface area contributed by atoms with Crippen molar-refractivity contribution in [2.75, 3.05) is 6.54 Å². The first-order valence-electron chi connectivity index (χ1n) is 8.08. The molecule has 0 amide bonds. The molecule has 0 bridgehead atoms. The summed E-state index contributed by atoms with van der Waals surface area (Å²) in [5.41, 5.74) is 0. The summed E-state index contributed by atoms with van der Waals surface area (Å²) in [7, 11) is 0. The highest BCUT2D eigenvalue weighted by atomic mass is 15.0. The van der Waals surface area contributed by atoms with Crippen molar-refractivity contribution in [3.05, 3.63) is 12.2 Å². The second-order valence-corrected chi connectivity index (χ2v) is 6.42. The van der Waals surface area contributed by atoms with Gasteiger partial charge in [-0.2, -0.15) is 0 Å². The molecule has 1 heterocycles. The van der Waals surface area contributed by atoms with Crippen molar-refractivity contribution in [3.8, 4) is 0 Å². The standard InChI is InChI=1S/C16H28N2/c1-2-8-13(7-1)18-16-11-4-3-9-14(16)15-10-5-6-12-17-15/h1-2,13-18H,3-12H2. The van der Waals surface area contributed by atoms with Gasteiger partial charge in [-0.15, -0.1) is 0 Å². The summed E-state index contributed by atoms with van der Waals surface area (Å²) in [6, 6.07) is 2.31. The van der Waals surface area contributed by atoms with Crippen LogP contribution in [0.4, 0.5) is 0 Å². The second-order valence-electron chi connectivity index (χ2n) is 6.42. The molecule has 0 spiro atoms. The summed E-state index contributed by atoms with van der Waals surface area (Å²) < 4.78 is 0. The van der Waals surface area contributed by atoms with E-state index in [1.807, 2.05) is 0 Å². The van der Waals surface area contributed by atoms with E-state index in [0.717, 1.165) is 24.0 Å². The molecule has 102 valence electrons. The predicted molar refractivity (Wildman–Crippen MR) is 76.7 cm³/mol. The molecule has 2 nitrogen and oxygen atoms in total. The lowest BCUT2D eigenvalue weighted by atomic mass is 9.77. The molecule has 1 aliphatic heterocycles. The topological polar surface area (TPSA) is 24.1 Å². The van der Waals surface area contributed by atoms with Crippen molar-refractivity contribution in [2.45, 2.75) is 75.9 Å². The predicted octanol–water partition coefficient (Wildman–Crippen LogP) is 3.00. The summed E-state index contributed by atoms with van der Waals surface area (Å²) >= 11 is 0. The Bertz CT molecular complexity index is 273. The van der Waals surface area contributed by atoms with Crippen molar-refractivity contribution in [2.24, 2.45) is 5.92 Å². The maximum atomic E-state index is 3.96. The first-order chi connectivity index (χ1) is 8.93. The minimum atomic E-state index is 0.735. The van der Waals surface area contributed by atoms with Gasteiger partial charge in [-0.3, -0.25) is 0 Å². The molecule has 0 aromatic rings. The Balaban J connectivity index is 1.58. The molecule has 1 saturated carbocycles. The van der Waals surface area contributed by atoms with Crippen LogP contribution in [0.5, 0.6) is 0 Å². The maximum Gasteiger partial charge on any atom is 0.0139 e. The summed E-state index contributed by atoms with van der Waals surface area (Å²) in [6.07, 6.45) is 17.1. The smallest absolute Gasteiger partial charge is 0.0139 e. The monoisotopic (exact) mass is 248 g/mol.